The first kappa shape index (κ1) is 14.0. The Bertz CT molecular complexity index is 401. The van der Waals surface area contributed by atoms with Gasteiger partial charge >= 0.3 is 0 Å². The SMILES string of the molecule is C#CCCCC(NN)c1cc(OC)ccc1Br. The first-order chi connectivity index (χ1) is 8.22. The first-order valence-electron chi connectivity index (χ1n) is 5.46. The smallest absolute Gasteiger partial charge is 0.119 e. The molecule has 0 aliphatic heterocycles. The molecule has 1 rings (SSSR count). The molecule has 3 N–H and O–H groups in total. The highest BCUT2D eigenvalue weighted by Gasteiger charge is 2.13. The van der Waals surface area contributed by atoms with Crippen LogP contribution in [0.4, 0.5) is 0 Å². The molecule has 0 bridgehead atoms. The van der Waals surface area contributed by atoms with E-state index in [1.54, 1.807) is 7.11 Å². The van der Waals surface area contributed by atoms with E-state index in [0.717, 1.165) is 35.0 Å². The topological polar surface area (TPSA) is 47.3 Å². The molecule has 1 unspecified atom stereocenters. The quantitative estimate of drug-likeness (QED) is 0.367. The van der Waals surface area contributed by atoms with Crippen LogP contribution in [0.2, 0.25) is 0 Å². The van der Waals surface area contributed by atoms with Crippen LogP contribution in [0.15, 0.2) is 22.7 Å². The Hall–Kier alpha value is -1.02. The third kappa shape index (κ3) is 4.04. The van der Waals surface area contributed by atoms with E-state index < -0.39 is 0 Å². The van der Waals surface area contributed by atoms with E-state index in [-0.39, 0.29) is 6.04 Å². The van der Waals surface area contributed by atoms with Gasteiger partial charge in [-0.25, -0.2) is 0 Å². The molecular formula is C13H17BrN2O. The van der Waals surface area contributed by atoms with E-state index in [2.05, 4.69) is 27.3 Å². The lowest BCUT2D eigenvalue weighted by atomic mass is 10.0. The molecular weight excluding hydrogens is 280 g/mol. The molecule has 0 spiro atoms. The molecule has 1 aromatic rings. The molecule has 1 aromatic carbocycles. The van der Waals surface area contributed by atoms with E-state index in [4.69, 9.17) is 17.0 Å². The lowest BCUT2D eigenvalue weighted by Crippen LogP contribution is -2.28. The monoisotopic (exact) mass is 296 g/mol. The Labute approximate surface area is 111 Å². The lowest BCUT2D eigenvalue weighted by molar-refractivity contribution is 0.412. The van der Waals surface area contributed by atoms with Crippen LogP contribution in [-0.2, 0) is 0 Å². The van der Waals surface area contributed by atoms with Crippen molar-refractivity contribution in [3.8, 4) is 18.1 Å². The minimum absolute atomic E-state index is 0.0767. The van der Waals surface area contributed by atoms with Gasteiger partial charge in [0, 0.05) is 16.9 Å². The van der Waals surface area contributed by atoms with Crippen LogP contribution >= 0.6 is 15.9 Å². The van der Waals surface area contributed by atoms with Crippen LogP contribution in [0.25, 0.3) is 0 Å². The van der Waals surface area contributed by atoms with Gasteiger partial charge in [0.1, 0.15) is 5.75 Å². The Morgan fingerprint density at radius 3 is 2.94 bits per heavy atom. The van der Waals surface area contributed by atoms with Crippen molar-refractivity contribution >= 4 is 15.9 Å². The molecule has 0 fully saturated rings. The Balaban J connectivity index is 2.83. The highest BCUT2D eigenvalue weighted by molar-refractivity contribution is 9.10. The molecule has 0 saturated heterocycles. The third-order valence-electron chi connectivity index (χ3n) is 2.59. The molecule has 0 amide bonds. The molecule has 92 valence electrons. The number of halogens is 1. The van der Waals surface area contributed by atoms with Gasteiger partial charge in [-0.05, 0) is 36.6 Å². The van der Waals surface area contributed by atoms with Crippen molar-refractivity contribution in [3.05, 3.63) is 28.2 Å². The van der Waals surface area contributed by atoms with E-state index in [1.807, 2.05) is 18.2 Å². The van der Waals surface area contributed by atoms with Crippen LogP contribution in [0.5, 0.6) is 5.75 Å². The zero-order chi connectivity index (χ0) is 12.7. The first-order valence-corrected chi connectivity index (χ1v) is 6.25. The van der Waals surface area contributed by atoms with Crippen molar-refractivity contribution in [1.29, 1.82) is 0 Å². The maximum absolute atomic E-state index is 5.58. The predicted octanol–water partition coefficient (Wildman–Crippen LogP) is 2.77. The average molecular weight is 297 g/mol. The van der Waals surface area contributed by atoms with Gasteiger partial charge in [-0.3, -0.25) is 11.3 Å². The minimum Gasteiger partial charge on any atom is -0.497 e. The summed E-state index contributed by atoms with van der Waals surface area (Å²) in [6.07, 6.45) is 7.84. The standard InChI is InChI=1S/C13H17BrN2O/c1-3-4-5-6-13(16-15)11-9-10(17-2)7-8-12(11)14/h1,7-9,13,16H,4-6,15H2,2H3. The second-order valence-corrected chi connectivity index (χ2v) is 4.56. The Kier molecular flexibility index (Phi) is 6.06. The number of rotatable bonds is 6. The molecule has 0 heterocycles. The summed E-state index contributed by atoms with van der Waals surface area (Å²) in [5.74, 6) is 9.03. The van der Waals surface area contributed by atoms with Gasteiger partial charge in [0.25, 0.3) is 0 Å². The van der Waals surface area contributed by atoms with Crippen molar-refractivity contribution in [1.82, 2.24) is 5.43 Å². The fourth-order valence-corrected chi connectivity index (χ4v) is 2.18. The van der Waals surface area contributed by atoms with Crippen LogP contribution in [0.3, 0.4) is 0 Å². The Morgan fingerprint density at radius 1 is 1.59 bits per heavy atom. The lowest BCUT2D eigenvalue weighted by Gasteiger charge is -2.18. The van der Waals surface area contributed by atoms with Gasteiger partial charge in [-0.2, -0.15) is 0 Å². The normalized spacial score (nSPS) is 11.9. The van der Waals surface area contributed by atoms with E-state index in [1.165, 1.54) is 0 Å². The number of hydrogen-bond donors (Lipinski definition) is 2. The number of unbranched alkanes of at least 4 members (excludes halogenated alkanes) is 1. The zero-order valence-corrected chi connectivity index (χ0v) is 11.5. The summed E-state index contributed by atoms with van der Waals surface area (Å²) in [7, 11) is 1.65. The largest absolute Gasteiger partial charge is 0.497 e. The molecule has 17 heavy (non-hydrogen) atoms. The van der Waals surface area contributed by atoms with Crippen molar-refractivity contribution < 1.29 is 4.74 Å². The number of terminal acetylenes is 1. The van der Waals surface area contributed by atoms with Crippen molar-refractivity contribution in [2.45, 2.75) is 25.3 Å². The second-order valence-electron chi connectivity index (χ2n) is 3.70. The maximum atomic E-state index is 5.58. The van der Waals surface area contributed by atoms with Gasteiger partial charge in [0.05, 0.1) is 7.11 Å². The molecule has 0 aromatic heterocycles. The van der Waals surface area contributed by atoms with Gasteiger partial charge in [-0.15, -0.1) is 12.3 Å². The van der Waals surface area contributed by atoms with E-state index in [9.17, 15) is 0 Å². The summed E-state index contributed by atoms with van der Waals surface area (Å²) >= 11 is 3.52. The fraction of sp³-hybridized carbons (Fsp3) is 0.385. The second kappa shape index (κ2) is 7.33. The molecule has 1 atom stereocenters. The van der Waals surface area contributed by atoms with E-state index in [0.29, 0.717) is 0 Å². The zero-order valence-electron chi connectivity index (χ0n) is 9.87. The molecule has 3 nitrogen and oxygen atoms in total. The number of hydrogen-bond acceptors (Lipinski definition) is 3. The van der Waals surface area contributed by atoms with Crippen molar-refractivity contribution in [2.75, 3.05) is 7.11 Å². The molecule has 0 saturated carbocycles. The molecule has 0 aliphatic rings. The summed E-state index contributed by atoms with van der Waals surface area (Å²) < 4.78 is 6.22. The number of ether oxygens (including phenoxy) is 1. The van der Waals surface area contributed by atoms with Gasteiger partial charge in [-0.1, -0.05) is 15.9 Å². The summed E-state index contributed by atoms with van der Waals surface area (Å²) in [5.41, 5.74) is 3.90. The van der Waals surface area contributed by atoms with Crippen LogP contribution < -0.4 is 16.0 Å². The van der Waals surface area contributed by atoms with Gasteiger partial charge in [0.15, 0.2) is 0 Å². The summed E-state index contributed by atoms with van der Waals surface area (Å²) in [6.45, 7) is 0. The third-order valence-corrected chi connectivity index (χ3v) is 3.32. The summed E-state index contributed by atoms with van der Waals surface area (Å²) in [5, 5.41) is 0. The van der Waals surface area contributed by atoms with E-state index >= 15 is 0 Å². The number of nitrogens with one attached hydrogen (secondary N) is 1. The summed E-state index contributed by atoms with van der Waals surface area (Å²) in [4.78, 5) is 0. The van der Waals surface area contributed by atoms with Crippen molar-refractivity contribution in [2.24, 2.45) is 5.84 Å². The van der Waals surface area contributed by atoms with Crippen LogP contribution in [-0.4, -0.2) is 7.11 Å². The molecule has 0 radical (unpaired) electrons. The number of benzene rings is 1. The van der Waals surface area contributed by atoms with Crippen molar-refractivity contribution in [3.63, 3.8) is 0 Å². The predicted molar refractivity (Wildman–Crippen MR) is 73.4 cm³/mol. The molecule has 4 heteroatoms. The number of hydrazine groups is 1. The highest BCUT2D eigenvalue weighted by atomic mass is 79.9. The van der Waals surface area contributed by atoms with Crippen LogP contribution in [0, 0.1) is 12.3 Å². The van der Waals surface area contributed by atoms with Gasteiger partial charge < -0.3 is 4.74 Å². The summed E-state index contributed by atoms with van der Waals surface area (Å²) in [6, 6.07) is 5.92. The van der Waals surface area contributed by atoms with Gasteiger partial charge in [0.2, 0.25) is 0 Å². The maximum Gasteiger partial charge on any atom is 0.119 e. The molecule has 0 aliphatic carbocycles. The average Bonchev–Trinajstić information content (AvgIpc) is 2.36. The number of nitrogens with two attached hydrogens (primary N) is 1. The minimum atomic E-state index is 0.0767. The highest BCUT2D eigenvalue weighted by Crippen LogP contribution is 2.29. The Morgan fingerprint density at radius 2 is 2.35 bits per heavy atom. The van der Waals surface area contributed by atoms with Crippen LogP contribution in [0.1, 0.15) is 30.9 Å². The fourth-order valence-electron chi connectivity index (χ4n) is 1.65. The number of methoxy groups -OCH3 is 1.